The van der Waals surface area contributed by atoms with E-state index < -0.39 is 5.79 Å². The Bertz CT molecular complexity index is 450. The molecule has 0 bridgehead atoms. The normalized spacial score (nSPS) is 19.1. The number of rotatable bonds is 1. The van der Waals surface area contributed by atoms with Gasteiger partial charge in [-0.05, 0) is 19.1 Å². The molecule has 1 saturated heterocycles. The maximum atomic E-state index is 5.61. The molecule has 2 heterocycles. The van der Waals surface area contributed by atoms with Gasteiger partial charge in [-0.2, -0.15) is 0 Å². The summed E-state index contributed by atoms with van der Waals surface area (Å²) in [6.07, 6.45) is 1.56. The zero-order valence-corrected chi connectivity index (χ0v) is 9.01. The zero-order chi connectivity index (χ0) is 11.0. The van der Waals surface area contributed by atoms with Crippen LogP contribution in [0.2, 0.25) is 0 Å². The molecule has 0 atom stereocenters. The van der Waals surface area contributed by atoms with Gasteiger partial charge in [-0.1, -0.05) is 12.1 Å². The highest BCUT2D eigenvalue weighted by molar-refractivity contribution is 5.55. The highest BCUT2D eigenvalue weighted by Crippen LogP contribution is 2.31. The van der Waals surface area contributed by atoms with Gasteiger partial charge in [0, 0.05) is 5.56 Å². The first-order valence-corrected chi connectivity index (χ1v) is 5.27. The Labute approximate surface area is 93.6 Å². The molecule has 1 fully saturated rings. The Hall–Kier alpha value is -1.52. The molecule has 0 amide bonds. The molecule has 82 valence electrons. The van der Waals surface area contributed by atoms with Crippen molar-refractivity contribution in [2.24, 2.45) is 0 Å². The van der Waals surface area contributed by atoms with E-state index in [0.29, 0.717) is 13.2 Å². The van der Waals surface area contributed by atoms with Crippen molar-refractivity contribution in [1.29, 1.82) is 0 Å². The summed E-state index contributed by atoms with van der Waals surface area (Å²) < 4.78 is 11.2. The van der Waals surface area contributed by atoms with Crippen molar-refractivity contribution >= 4 is 0 Å². The third-order valence-corrected chi connectivity index (χ3v) is 2.86. The van der Waals surface area contributed by atoms with Crippen LogP contribution in [0.15, 0.2) is 30.6 Å². The molecule has 16 heavy (non-hydrogen) atoms. The maximum absolute atomic E-state index is 5.61. The molecular formula is C12H12N2O2. The van der Waals surface area contributed by atoms with E-state index in [1.165, 1.54) is 0 Å². The zero-order valence-electron chi connectivity index (χ0n) is 9.01. The molecule has 0 aromatic rings. The largest absolute Gasteiger partial charge is 0.344 e. The Morgan fingerprint density at radius 3 is 2.12 bits per heavy atom. The summed E-state index contributed by atoms with van der Waals surface area (Å²) in [7, 11) is 0. The van der Waals surface area contributed by atoms with E-state index >= 15 is 0 Å². The van der Waals surface area contributed by atoms with Crippen LogP contribution in [0.25, 0.3) is 11.4 Å². The lowest BCUT2D eigenvalue weighted by Crippen LogP contribution is -2.21. The van der Waals surface area contributed by atoms with Crippen LogP contribution in [0.3, 0.4) is 0 Å². The van der Waals surface area contributed by atoms with Gasteiger partial charge in [-0.15, -0.1) is 0 Å². The molecule has 4 nitrogen and oxygen atoms in total. The third-order valence-electron chi connectivity index (χ3n) is 2.86. The fourth-order valence-electron chi connectivity index (χ4n) is 1.92. The summed E-state index contributed by atoms with van der Waals surface area (Å²) >= 11 is 0. The van der Waals surface area contributed by atoms with Crippen LogP contribution < -0.4 is 0 Å². The molecule has 0 aromatic heterocycles. The summed E-state index contributed by atoms with van der Waals surface area (Å²) in [5.74, 6) is -0.629. The van der Waals surface area contributed by atoms with Crippen molar-refractivity contribution < 1.29 is 9.47 Å². The summed E-state index contributed by atoms with van der Waals surface area (Å²) in [6.45, 7) is 3.20. The van der Waals surface area contributed by atoms with Crippen molar-refractivity contribution in [3.8, 4) is 11.4 Å². The first-order chi connectivity index (χ1) is 7.78. The van der Waals surface area contributed by atoms with Gasteiger partial charge in [0.1, 0.15) is 6.33 Å². The summed E-state index contributed by atoms with van der Waals surface area (Å²) in [5.41, 5.74) is 2.76. The minimum Gasteiger partial charge on any atom is -0.344 e. The smallest absolute Gasteiger partial charge is 0.192 e. The molecule has 3 rings (SSSR count). The highest BCUT2D eigenvalue weighted by atomic mass is 16.7. The second-order valence-electron chi connectivity index (χ2n) is 3.91. The van der Waals surface area contributed by atoms with Gasteiger partial charge in [0.15, 0.2) is 5.79 Å². The van der Waals surface area contributed by atoms with Crippen LogP contribution in [0.4, 0.5) is 0 Å². The Morgan fingerprint density at radius 2 is 1.56 bits per heavy atom. The van der Waals surface area contributed by atoms with E-state index in [1.807, 2.05) is 31.2 Å². The molecule has 0 radical (unpaired) electrons. The molecular weight excluding hydrogens is 204 g/mol. The molecule has 0 unspecified atom stereocenters. The lowest BCUT2D eigenvalue weighted by atomic mass is 10.1. The minimum absolute atomic E-state index is 0.629. The van der Waals surface area contributed by atoms with Crippen LogP contribution in [-0.2, 0) is 15.3 Å². The van der Waals surface area contributed by atoms with Crippen molar-refractivity contribution in [3.05, 3.63) is 36.2 Å². The fraction of sp³-hybridized carbons (Fsp3) is 0.333. The molecule has 2 aliphatic heterocycles. The Kier molecular flexibility index (Phi) is 2.12. The van der Waals surface area contributed by atoms with E-state index in [-0.39, 0.29) is 0 Å². The molecule has 0 saturated carbocycles. The molecule has 1 aliphatic carbocycles. The standard InChI is InChI=1S/C12H12N2O2/c1-12(15-6-7-16-12)9-2-4-10-11(5-3-9)14-8-13-10/h2-5,8H,6-7H2,1H3. The first-order valence-electron chi connectivity index (χ1n) is 5.27. The maximum Gasteiger partial charge on any atom is 0.192 e. The topological polar surface area (TPSA) is 44.2 Å². The molecule has 3 aliphatic rings. The third kappa shape index (κ3) is 1.47. The molecule has 0 spiro atoms. The Morgan fingerprint density at radius 1 is 1.00 bits per heavy atom. The van der Waals surface area contributed by atoms with Crippen LogP contribution in [0.5, 0.6) is 0 Å². The number of ether oxygens (including phenoxy) is 2. The van der Waals surface area contributed by atoms with Crippen LogP contribution in [-0.4, -0.2) is 23.2 Å². The SMILES string of the molecule is CC1(c2ccc3ncnc-3cc2)OCCO1. The molecule has 4 heteroatoms. The number of aromatic nitrogens is 2. The van der Waals surface area contributed by atoms with Crippen molar-refractivity contribution in [2.45, 2.75) is 12.7 Å². The molecule has 0 aromatic carbocycles. The summed E-state index contributed by atoms with van der Waals surface area (Å²) in [4.78, 5) is 8.31. The van der Waals surface area contributed by atoms with Crippen molar-refractivity contribution in [3.63, 3.8) is 0 Å². The first kappa shape index (κ1) is 9.69. The predicted molar refractivity (Wildman–Crippen MR) is 57.9 cm³/mol. The monoisotopic (exact) mass is 216 g/mol. The summed E-state index contributed by atoms with van der Waals surface area (Å²) in [6, 6.07) is 7.83. The van der Waals surface area contributed by atoms with Gasteiger partial charge in [0.05, 0.1) is 24.6 Å². The van der Waals surface area contributed by atoms with Gasteiger partial charge in [0.25, 0.3) is 0 Å². The van der Waals surface area contributed by atoms with E-state index in [9.17, 15) is 0 Å². The quantitative estimate of drug-likeness (QED) is 0.729. The van der Waals surface area contributed by atoms with E-state index in [1.54, 1.807) is 6.33 Å². The summed E-state index contributed by atoms with van der Waals surface area (Å²) in [5, 5.41) is 0. The lowest BCUT2D eigenvalue weighted by Gasteiger charge is -2.21. The number of fused-ring (bicyclic) bond motifs is 1. The Balaban J connectivity index is 2.08. The van der Waals surface area contributed by atoms with Gasteiger partial charge in [-0.25, -0.2) is 9.97 Å². The number of imidazole rings is 1. The van der Waals surface area contributed by atoms with Crippen LogP contribution in [0.1, 0.15) is 12.5 Å². The fourth-order valence-corrected chi connectivity index (χ4v) is 1.92. The minimum atomic E-state index is -0.629. The van der Waals surface area contributed by atoms with E-state index in [4.69, 9.17) is 9.47 Å². The number of hydrogen-bond acceptors (Lipinski definition) is 4. The lowest BCUT2D eigenvalue weighted by molar-refractivity contribution is -0.149. The van der Waals surface area contributed by atoms with Gasteiger partial charge in [0.2, 0.25) is 0 Å². The molecule has 0 N–H and O–H groups in total. The average molecular weight is 216 g/mol. The second-order valence-corrected chi connectivity index (χ2v) is 3.91. The number of nitrogens with zero attached hydrogens (tertiary/aromatic N) is 2. The van der Waals surface area contributed by atoms with E-state index in [2.05, 4.69) is 9.97 Å². The van der Waals surface area contributed by atoms with Crippen LogP contribution >= 0.6 is 0 Å². The van der Waals surface area contributed by atoms with Crippen molar-refractivity contribution in [1.82, 2.24) is 9.97 Å². The van der Waals surface area contributed by atoms with E-state index in [0.717, 1.165) is 17.0 Å². The predicted octanol–water partition coefficient (Wildman–Crippen LogP) is 1.80. The van der Waals surface area contributed by atoms with Gasteiger partial charge >= 0.3 is 0 Å². The average Bonchev–Trinajstić information content (AvgIpc) is 2.85. The number of hydrogen-bond donors (Lipinski definition) is 0. The van der Waals surface area contributed by atoms with Gasteiger partial charge in [-0.3, -0.25) is 0 Å². The highest BCUT2D eigenvalue weighted by Gasteiger charge is 2.32. The van der Waals surface area contributed by atoms with Crippen LogP contribution in [0, 0.1) is 0 Å². The second kappa shape index (κ2) is 3.50. The van der Waals surface area contributed by atoms with Gasteiger partial charge < -0.3 is 9.47 Å². The van der Waals surface area contributed by atoms with Crippen molar-refractivity contribution in [2.75, 3.05) is 13.2 Å².